The molecule has 1 aromatic carbocycles. The number of ether oxygens (including phenoxy) is 1. The molecule has 0 amide bonds. The van der Waals surface area contributed by atoms with Crippen molar-refractivity contribution >= 4 is 29.6 Å². The molecule has 0 heterocycles. The van der Waals surface area contributed by atoms with Crippen molar-refractivity contribution in [1.29, 1.82) is 5.26 Å². The van der Waals surface area contributed by atoms with Crippen LogP contribution in [0, 0.1) is 11.3 Å². The molecule has 0 aromatic heterocycles. The van der Waals surface area contributed by atoms with Crippen LogP contribution in [0.25, 0.3) is 6.08 Å². The summed E-state index contributed by atoms with van der Waals surface area (Å²) in [6, 6.07) is 8.81. The quantitative estimate of drug-likeness (QED) is 0.255. The SMILES string of the molecule is CCSCCOC(=O)C(=Cc1ccccc1C#N)C(C)=O. The van der Waals surface area contributed by atoms with Crippen LogP contribution >= 0.6 is 11.8 Å². The number of carbonyl (C=O) groups excluding carboxylic acids is 2. The number of nitriles is 1. The second-order valence-corrected chi connectivity index (χ2v) is 5.54. The second kappa shape index (κ2) is 8.98. The van der Waals surface area contributed by atoms with E-state index < -0.39 is 5.97 Å². The molecule has 1 aromatic rings. The molecule has 0 saturated heterocycles. The van der Waals surface area contributed by atoms with Crippen molar-refractivity contribution in [1.82, 2.24) is 0 Å². The van der Waals surface area contributed by atoms with E-state index in [0.29, 0.717) is 16.9 Å². The van der Waals surface area contributed by atoms with E-state index >= 15 is 0 Å². The van der Waals surface area contributed by atoms with E-state index in [1.807, 2.05) is 13.0 Å². The lowest BCUT2D eigenvalue weighted by molar-refractivity contribution is -0.139. The fourth-order valence-corrected chi connectivity index (χ4v) is 2.09. The Morgan fingerprint density at radius 1 is 1.38 bits per heavy atom. The van der Waals surface area contributed by atoms with Crippen molar-refractivity contribution in [2.45, 2.75) is 13.8 Å². The van der Waals surface area contributed by atoms with E-state index in [1.54, 1.807) is 36.0 Å². The summed E-state index contributed by atoms with van der Waals surface area (Å²) < 4.78 is 5.08. The van der Waals surface area contributed by atoms with Crippen molar-refractivity contribution in [2.24, 2.45) is 0 Å². The zero-order valence-electron chi connectivity index (χ0n) is 12.1. The number of esters is 1. The van der Waals surface area contributed by atoms with Gasteiger partial charge in [-0.3, -0.25) is 4.79 Å². The molecule has 0 N–H and O–H groups in total. The average Bonchev–Trinajstić information content (AvgIpc) is 2.49. The number of nitrogens with zero attached hydrogens (tertiary/aromatic N) is 1. The van der Waals surface area contributed by atoms with Crippen molar-refractivity contribution in [3.63, 3.8) is 0 Å². The number of carbonyl (C=O) groups is 2. The Kier molecular flexibility index (Phi) is 7.27. The maximum absolute atomic E-state index is 11.9. The molecule has 0 unspecified atom stereocenters. The van der Waals surface area contributed by atoms with E-state index in [-0.39, 0.29) is 18.0 Å². The predicted molar refractivity (Wildman–Crippen MR) is 83.8 cm³/mol. The van der Waals surface area contributed by atoms with Gasteiger partial charge in [0.05, 0.1) is 11.6 Å². The first kappa shape index (κ1) is 17.0. The second-order valence-electron chi connectivity index (χ2n) is 4.15. The van der Waals surface area contributed by atoms with Gasteiger partial charge < -0.3 is 4.74 Å². The van der Waals surface area contributed by atoms with Gasteiger partial charge in [-0.05, 0) is 30.4 Å². The molecule has 110 valence electrons. The fourth-order valence-electron chi connectivity index (χ4n) is 1.60. The highest BCUT2D eigenvalue weighted by molar-refractivity contribution is 7.99. The maximum Gasteiger partial charge on any atom is 0.341 e. The molecule has 0 aliphatic rings. The molecule has 21 heavy (non-hydrogen) atoms. The van der Waals surface area contributed by atoms with Gasteiger partial charge >= 0.3 is 5.97 Å². The van der Waals surface area contributed by atoms with Crippen molar-refractivity contribution in [2.75, 3.05) is 18.1 Å². The Balaban J connectivity index is 2.91. The lowest BCUT2D eigenvalue weighted by Crippen LogP contribution is -2.15. The molecular weight excluding hydrogens is 286 g/mol. The van der Waals surface area contributed by atoms with Crippen LogP contribution in [0.2, 0.25) is 0 Å². The van der Waals surface area contributed by atoms with Gasteiger partial charge in [-0.1, -0.05) is 25.1 Å². The van der Waals surface area contributed by atoms with Crippen LogP contribution in [-0.2, 0) is 14.3 Å². The number of hydrogen-bond acceptors (Lipinski definition) is 5. The summed E-state index contributed by atoms with van der Waals surface area (Å²) in [6.45, 7) is 3.59. The van der Waals surface area contributed by atoms with Gasteiger partial charge in [0.1, 0.15) is 12.2 Å². The van der Waals surface area contributed by atoms with Crippen LogP contribution in [0.5, 0.6) is 0 Å². The number of hydrogen-bond donors (Lipinski definition) is 0. The number of rotatable bonds is 7. The Bertz CT molecular complexity index is 587. The van der Waals surface area contributed by atoms with Gasteiger partial charge in [0.15, 0.2) is 5.78 Å². The highest BCUT2D eigenvalue weighted by Crippen LogP contribution is 2.14. The third kappa shape index (κ3) is 5.44. The number of benzene rings is 1. The van der Waals surface area contributed by atoms with Gasteiger partial charge in [0.2, 0.25) is 0 Å². The Morgan fingerprint density at radius 3 is 2.71 bits per heavy atom. The highest BCUT2D eigenvalue weighted by Gasteiger charge is 2.16. The summed E-state index contributed by atoms with van der Waals surface area (Å²) in [4.78, 5) is 23.6. The highest BCUT2D eigenvalue weighted by atomic mass is 32.2. The first-order chi connectivity index (χ1) is 10.1. The van der Waals surface area contributed by atoms with Gasteiger partial charge in [-0.15, -0.1) is 0 Å². The Labute approximate surface area is 128 Å². The summed E-state index contributed by atoms with van der Waals surface area (Å²) in [6.07, 6.45) is 1.41. The molecule has 5 heteroatoms. The molecule has 0 fully saturated rings. The van der Waals surface area contributed by atoms with E-state index in [4.69, 9.17) is 10.00 Å². The first-order valence-corrected chi connectivity index (χ1v) is 7.72. The van der Waals surface area contributed by atoms with E-state index in [9.17, 15) is 9.59 Å². The Morgan fingerprint density at radius 2 is 2.10 bits per heavy atom. The van der Waals surface area contributed by atoms with Crippen LogP contribution in [0.1, 0.15) is 25.0 Å². The van der Waals surface area contributed by atoms with Crippen molar-refractivity contribution in [3.8, 4) is 6.07 Å². The predicted octanol–water partition coefficient (Wildman–Crippen LogP) is 2.83. The van der Waals surface area contributed by atoms with Crippen LogP contribution in [0.15, 0.2) is 29.8 Å². The van der Waals surface area contributed by atoms with E-state index in [2.05, 4.69) is 0 Å². The lowest BCUT2D eigenvalue weighted by Gasteiger charge is -2.06. The maximum atomic E-state index is 11.9. The van der Waals surface area contributed by atoms with Crippen molar-refractivity contribution in [3.05, 3.63) is 41.0 Å². The molecule has 0 radical (unpaired) electrons. The van der Waals surface area contributed by atoms with E-state index in [1.165, 1.54) is 13.0 Å². The minimum atomic E-state index is -0.646. The lowest BCUT2D eigenvalue weighted by atomic mass is 10.0. The zero-order chi connectivity index (χ0) is 15.7. The van der Waals surface area contributed by atoms with Gasteiger partial charge in [-0.25, -0.2) is 4.79 Å². The number of Topliss-reactive ketones (excluding diaryl/α,β-unsaturated/α-hetero) is 1. The molecule has 0 bridgehead atoms. The van der Waals surface area contributed by atoms with Crippen LogP contribution in [0.3, 0.4) is 0 Å². The molecular formula is C16H17NO3S. The smallest absolute Gasteiger partial charge is 0.341 e. The number of thioether (sulfide) groups is 1. The standard InChI is InChI=1S/C16H17NO3S/c1-3-21-9-8-20-16(19)15(12(2)18)10-13-6-4-5-7-14(13)11-17/h4-7,10H,3,8-9H2,1-2H3. The molecule has 0 aliphatic carbocycles. The topological polar surface area (TPSA) is 67.2 Å². The number of ketones is 1. The summed E-state index contributed by atoms with van der Waals surface area (Å²) in [5.74, 6) is 0.618. The minimum absolute atomic E-state index is 0.0424. The molecule has 1 rings (SSSR count). The van der Waals surface area contributed by atoms with Crippen LogP contribution in [0.4, 0.5) is 0 Å². The zero-order valence-corrected chi connectivity index (χ0v) is 12.9. The van der Waals surface area contributed by atoms with Gasteiger partial charge in [0, 0.05) is 5.75 Å². The molecule has 0 spiro atoms. The average molecular weight is 303 g/mol. The van der Waals surface area contributed by atoms with Crippen LogP contribution in [-0.4, -0.2) is 29.9 Å². The molecule has 4 nitrogen and oxygen atoms in total. The molecule has 0 aliphatic heterocycles. The van der Waals surface area contributed by atoms with Crippen molar-refractivity contribution < 1.29 is 14.3 Å². The molecule has 0 saturated carbocycles. The summed E-state index contributed by atoms with van der Waals surface area (Å²) >= 11 is 1.66. The fraction of sp³-hybridized carbons (Fsp3) is 0.312. The van der Waals surface area contributed by atoms with Gasteiger partial charge in [-0.2, -0.15) is 17.0 Å². The summed E-state index contributed by atoms with van der Waals surface area (Å²) in [5, 5.41) is 9.03. The first-order valence-electron chi connectivity index (χ1n) is 6.56. The monoisotopic (exact) mass is 303 g/mol. The third-order valence-electron chi connectivity index (χ3n) is 2.65. The van der Waals surface area contributed by atoms with Gasteiger partial charge in [0.25, 0.3) is 0 Å². The largest absolute Gasteiger partial charge is 0.461 e. The normalized spacial score (nSPS) is 10.8. The van der Waals surface area contributed by atoms with Crippen LogP contribution < -0.4 is 0 Å². The minimum Gasteiger partial charge on any atom is -0.461 e. The molecule has 0 atom stereocenters. The van der Waals surface area contributed by atoms with E-state index in [0.717, 1.165) is 5.75 Å². The summed E-state index contributed by atoms with van der Waals surface area (Å²) in [7, 11) is 0. The Hall–Kier alpha value is -2.06. The third-order valence-corrected chi connectivity index (χ3v) is 3.51. The summed E-state index contributed by atoms with van der Waals surface area (Å²) in [5.41, 5.74) is 0.898.